The monoisotopic (exact) mass is 296 g/mol. The van der Waals surface area contributed by atoms with E-state index in [-0.39, 0.29) is 23.4 Å². The third-order valence-electron chi connectivity index (χ3n) is 3.17. The largest absolute Gasteiger partial charge is 0.480 e. The minimum atomic E-state index is -4.06. The molecule has 0 aliphatic carbocycles. The van der Waals surface area contributed by atoms with E-state index < -0.39 is 27.9 Å². The summed E-state index contributed by atoms with van der Waals surface area (Å²) in [4.78, 5) is 10.7. The van der Waals surface area contributed by atoms with Gasteiger partial charge in [-0.15, -0.1) is 0 Å². The summed E-state index contributed by atoms with van der Waals surface area (Å²) in [6.45, 7) is 0.0966. The van der Waals surface area contributed by atoms with Crippen LogP contribution in [0.25, 0.3) is 0 Å². The van der Waals surface area contributed by atoms with E-state index in [9.17, 15) is 17.6 Å². The Labute approximate surface area is 116 Å². The molecule has 1 heterocycles. The molecular formula is C13H11FNO4S. The van der Waals surface area contributed by atoms with Gasteiger partial charge in [-0.2, -0.15) is 4.31 Å². The van der Waals surface area contributed by atoms with Crippen molar-refractivity contribution < 1.29 is 22.7 Å². The maximum atomic E-state index is 13.5. The Balaban J connectivity index is 2.43. The normalized spacial score (nSPS) is 19.7. The van der Waals surface area contributed by atoms with E-state index in [1.165, 1.54) is 0 Å². The zero-order valence-corrected chi connectivity index (χ0v) is 11.2. The van der Waals surface area contributed by atoms with Crippen LogP contribution in [-0.4, -0.2) is 36.4 Å². The summed E-state index contributed by atoms with van der Waals surface area (Å²) < 4.78 is 39.1. The van der Waals surface area contributed by atoms with Gasteiger partial charge in [-0.1, -0.05) is 0 Å². The molecule has 1 aromatic carbocycles. The molecular weight excluding hydrogens is 285 g/mol. The number of nitrogens with zero attached hydrogens (tertiary/aromatic N) is 1. The van der Waals surface area contributed by atoms with Gasteiger partial charge in [0.1, 0.15) is 11.9 Å². The van der Waals surface area contributed by atoms with Crippen molar-refractivity contribution in [2.75, 3.05) is 6.54 Å². The van der Waals surface area contributed by atoms with Crippen molar-refractivity contribution in [2.45, 2.75) is 23.8 Å². The predicted octanol–water partition coefficient (Wildman–Crippen LogP) is 1.00. The highest BCUT2D eigenvalue weighted by atomic mass is 32.2. The number of benzene rings is 1. The third-order valence-corrected chi connectivity index (χ3v) is 5.07. The van der Waals surface area contributed by atoms with Crippen LogP contribution in [0.2, 0.25) is 0 Å². The number of carboxylic acid groups (broad SMARTS) is 1. The van der Waals surface area contributed by atoms with Crippen LogP contribution in [0.15, 0.2) is 23.1 Å². The Kier molecular flexibility index (Phi) is 3.79. The van der Waals surface area contributed by atoms with Crippen LogP contribution in [0.3, 0.4) is 0 Å². The van der Waals surface area contributed by atoms with E-state index in [0.717, 1.165) is 22.5 Å². The van der Waals surface area contributed by atoms with Gasteiger partial charge < -0.3 is 5.11 Å². The number of hydrogen-bond acceptors (Lipinski definition) is 3. The van der Waals surface area contributed by atoms with E-state index >= 15 is 0 Å². The number of halogens is 1. The van der Waals surface area contributed by atoms with Crippen molar-refractivity contribution in [1.82, 2.24) is 4.31 Å². The van der Waals surface area contributed by atoms with Crippen molar-refractivity contribution in [1.29, 1.82) is 0 Å². The van der Waals surface area contributed by atoms with Crippen molar-refractivity contribution in [2.24, 2.45) is 0 Å². The lowest BCUT2D eigenvalue weighted by Crippen LogP contribution is -2.40. The SMILES string of the molecule is [C]#Cc1ccc(S(=O)(=O)N2CCCC2C(=O)O)cc1F. The van der Waals surface area contributed by atoms with E-state index in [1.54, 1.807) is 0 Å². The van der Waals surface area contributed by atoms with Crippen molar-refractivity contribution in [3.63, 3.8) is 0 Å². The summed E-state index contributed by atoms with van der Waals surface area (Å²) in [5, 5.41) is 9.02. The summed E-state index contributed by atoms with van der Waals surface area (Å²) in [6, 6.07) is 1.94. The zero-order chi connectivity index (χ0) is 14.9. The van der Waals surface area contributed by atoms with Crippen LogP contribution >= 0.6 is 0 Å². The molecule has 1 aliphatic heterocycles. The molecule has 0 spiro atoms. The highest BCUT2D eigenvalue weighted by Crippen LogP contribution is 2.27. The van der Waals surface area contributed by atoms with Gasteiger partial charge in [-0.3, -0.25) is 4.79 Å². The summed E-state index contributed by atoms with van der Waals surface area (Å²) in [5.74, 6) is -0.251. The molecule has 1 aromatic rings. The Morgan fingerprint density at radius 1 is 1.50 bits per heavy atom. The zero-order valence-electron chi connectivity index (χ0n) is 10.3. The van der Waals surface area contributed by atoms with Crippen LogP contribution in [-0.2, 0) is 14.8 Å². The number of hydrogen-bond donors (Lipinski definition) is 1. The summed E-state index contributed by atoms with van der Waals surface area (Å²) >= 11 is 0. The first-order chi connectivity index (χ1) is 9.37. The lowest BCUT2D eigenvalue weighted by Gasteiger charge is -2.21. The highest BCUT2D eigenvalue weighted by Gasteiger charge is 2.39. The summed E-state index contributed by atoms with van der Waals surface area (Å²) in [7, 11) is -4.06. The average Bonchev–Trinajstić information content (AvgIpc) is 2.88. The van der Waals surface area contributed by atoms with E-state index in [4.69, 9.17) is 11.5 Å². The first kappa shape index (κ1) is 14.5. The van der Waals surface area contributed by atoms with Crippen LogP contribution in [0.5, 0.6) is 0 Å². The van der Waals surface area contributed by atoms with Crippen LogP contribution in [0.1, 0.15) is 18.4 Å². The quantitative estimate of drug-likeness (QED) is 0.844. The van der Waals surface area contributed by atoms with Crippen LogP contribution in [0.4, 0.5) is 4.39 Å². The highest BCUT2D eigenvalue weighted by molar-refractivity contribution is 7.89. The van der Waals surface area contributed by atoms with Crippen LogP contribution < -0.4 is 0 Å². The number of aliphatic carboxylic acids is 1. The molecule has 20 heavy (non-hydrogen) atoms. The minimum absolute atomic E-state index is 0.0966. The fraction of sp³-hybridized carbons (Fsp3) is 0.308. The van der Waals surface area contributed by atoms with E-state index in [1.807, 2.05) is 5.92 Å². The number of carbonyl (C=O) groups is 1. The molecule has 1 saturated heterocycles. The molecule has 1 aliphatic rings. The molecule has 1 unspecified atom stereocenters. The van der Waals surface area contributed by atoms with E-state index in [0.29, 0.717) is 6.42 Å². The van der Waals surface area contributed by atoms with Crippen molar-refractivity contribution in [3.8, 4) is 5.92 Å². The first-order valence-electron chi connectivity index (χ1n) is 5.85. The molecule has 0 bridgehead atoms. The average molecular weight is 296 g/mol. The van der Waals surface area contributed by atoms with Gasteiger partial charge in [0.05, 0.1) is 10.5 Å². The second-order valence-corrected chi connectivity index (χ2v) is 6.27. The predicted molar refractivity (Wildman–Crippen MR) is 67.2 cm³/mol. The van der Waals surface area contributed by atoms with Crippen molar-refractivity contribution >= 4 is 16.0 Å². The lowest BCUT2D eigenvalue weighted by atomic mass is 10.2. The van der Waals surface area contributed by atoms with Gasteiger partial charge in [0.2, 0.25) is 10.0 Å². The number of rotatable bonds is 3. The third kappa shape index (κ3) is 2.40. The Morgan fingerprint density at radius 2 is 2.20 bits per heavy atom. The standard InChI is InChI=1S/C13H11FNO4S/c1-2-9-5-6-10(8-11(9)14)20(18,19)15-7-3-4-12(15)13(16)17/h5-6,8,12H,3-4,7H2,(H,16,17). The molecule has 1 N–H and O–H groups in total. The van der Waals surface area contributed by atoms with E-state index in [2.05, 4.69) is 0 Å². The maximum Gasteiger partial charge on any atom is 0.322 e. The smallest absolute Gasteiger partial charge is 0.322 e. The topological polar surface area (TPSA) is 74.7 Å². The van der Waals surface area contributed by atoms with Crippen molar-refractivity contribution in [3.05, 3.63) is 36.0 Å². The van der Waals surface area contributed by atoms with Gasteiger partial charge in [0, 0.05) is 6.54 Å². The summed E-state index contributed by atoms with van der Waals surface area (Å²) in [6.07, 6.45) is 7.53. The van der Waals surface area contributed by atoms with Gasteiger partial charge in [-0.25, -0.2) is 12.8 Å². The van der Waals surface area contributed by atoms with Gasteiger partial charge in [0.25, 0.3) is 0 Å². The Bertz CT molecular complexity index is 693. The molecule has 0 aromatic heterocycles. The molecule has 2 rings (SSSR count). The number of sulfonamides is 1. The second-order valence-electron chi connectivity index (χ2n) is 4.38. The molecule has 105 valence electrons. The molecule has 1 atom stereocenters. The van der Waals surface area contributed by atoms with Gasteiger partial charge >= 0.3 is 5.97 Å². The maximum absolute atomic E-state index is 13.5. The fourth-order valence-electron chi connectivity index (χ4n) is 2.17. The molecule has 0 amide bonds. The minimum Gasteiger partial charge on any atom is -0.480 e. The molecule has 7 heteroatoms. The summed E-state index contributed by atoms with van der Waals surface area (Å²) in [5.41, 5.74) is -0.153. The molecule has 0 saturated carbocycles. The number of carboxylic acids is 1. The Hall–Kier alpha value is -1.91. The molecule has 1 radical (unpaired) electrons. The lowest BCUT2D eigenvalue weighted by molar-refractivity contribution is -0.140. The van der Waals surface area contributed by atoms with Gasteiger partial charge in [-0.05, 0) is 43.4 Å². The van der Waals surface area contributed by atoms with Crippen LogP contribution in [0, 0.1) is 18.2 Å². The first-order valence-corrected chi connectivity index (χ1v) is 7.29. The fourth-order valence-corrected chi connectivity index (χ4v) is 3.83. The second kappa shape index (κ2) is 5.23. The molecule has 1 fully saturated rings. The Morgan fingerprint density at radius 3 is 2.75 bits per heavy atom. The molecule has 5 nitrogen and oxygen atoms in total. The van der Waals surface area contributed by atoms with Gasteiger partial charge in [0.15, 0.2) is 0 Å².